The van der Waals surface area contributed by atoms with Gasteiger partial charge in [0.05, 0.1) is 0 Å². The maximum atomic E-state index is 10.6. The van der Waals surface area contributed by atoms with Crippen molar-refractivity contribution in [3.8, 4) is 5.75 Å². The average Bonchev–Trinajstić information content (AvgIpc) is 2.38. The predicted molar refractivity (Wildman–Crippen MR) is 62.6 cm³/mol. The Labute approximate surface area is 94.5 Å². The zero-order valence-corrected chi connectivity index (χ0v) is 8.80. The molecule has 0 aliphatic carbocycles. The van der Waals surface area contributed by atoms with Crippen molar-refractivity contribution in [3.63, 3.8) is 0 Å². The number of hydrogen-bond acceptors (Lipinski definition) is 2. The van der Waals surface area contributed by atoms with E-state index >= 15 is 0 Å². The van der Waals surface area contributed by atoms with Crippen molar-refractivity contribution in [2.75, 3.05) is 0 Å². The molecule has 0 amide bonds. The smallest absolute Gasteiger partial charge is 0.150 e. The van der Waals surface area contributed by atoms with E-state index in [2.05, 4.69) is 0 Å². The lowest BCUT2D eigenvalue weighted by Crippen LogP contribution is -1.95. The number of rotatable bonds is 4. The number of carbonyl (C=O) groups is 1. The van der Waals surface area contributed by atoms with E-state index in [0.717, 1.165) is 17.6 Å². The molecule has 0 aromatic heterocycles. The van der Waals surface area contributed by atoms with E-state index in [0.29, 0.717) is 12.2 Å². The van der Waals surface area contributed by atoms with Gasteiger partial charge in [-0.1, -0.05) is 36.4 Å². The molecule has 2 nitrogen and oxygen atoms in total. The second-order valence-corrected chi connectivity index (χ2v) is 3.46. The summed E-state index contributed by atoms with van der Waals surface area (Å²) in [7, 11) is 0. The van der Waals surface area contributed by atoms with Crippen LogP contribution in [0.2, 0.25) is 0 Å². The Bertz CT molecular complexity index is 463. The summed E-state index contributed by atoms with van der Waals surface area (Å²) in [6, 6.07) is 17.0. The van der Waals surface area contributed by atoms with E-state index in [-0.39, 0.29) is 0 Å². The van der Waals surface area contributed by atoms with E-state index in [1.165, 1.54) is 0 Å². The van der Waals surface area contributed by atoms with Crippen molar-refractivity contribution in [1.29, 1.82) is 0 Å². The monoisotopic (exact) mass is 212 g/mol. The van der Waals surface area contributed by atoms with Crippen molar-refractivity contribution in [1.82, 2.24) is 0 Å². The third kappa shape index (κ3) is 2.70. The van der Waals surface area contributed by atoms with Crippen LogP contribution < -0.4 is 4.74 Å². The van der Waals surface area contributed by atoms with Crippen LogP contribution in [0.5, 0.6) is 5.75 Å². The fraction of sp³-hybridized carbons (Fsp3) is 0.0714. The second kappa shape index (κ2) is 5.12. The number of para-hydroxylation sites is 1. The van der Waals surface area contributed by atoms with Gasteiger partial charge in [0.15, 0.2) is 0 Å². The minimum absolute atomic E-state index is 0.478. The van der Waals surface area contributed by atoms with Gasteiger partial charge in [0.2, 0.25) is 0 Å². The Balaban J connectivity index is 2.02. The number of hydrogen-bond donors (Lipinski definition) is 0. The molecule has 0 unspecified atom stereocenters. The number of aldehydes is 1. The van der Waals surface area contributed by atoms with Crippen LogP contribution in [0.1, 0.15) is 15.9 Å². The first-order chi connectivity index (χ1) is 7.88. The SMILES string of the molecule is O=Cc1cccc(COc2ccccc2)c1. The van der Waals surface area contributed by atoms with Crippen LogP contribution >= 0.6 is 0 Å². The van der Waals surface area contributed by atoms with Gasteiger partial charge in [-0.3, -0.25) is 4.79 Å². The Kier molecular flexibility index (Phi) is 3.34. The summed E-state index contributed by atoms with van der Waals surface area (Å²) in [5, 5.41) is 0. The molecule has 0 fully saturated rings. The summed E-state index contributed by atoms with van der Waals surface area (Å²) in [5.74, 6) is 0.832. The van der Waals surface area contributed by atoms with Gasteiger partial charge in [-0.25, -0.2) is 0 Å². The third-order valence-corrected chi connectivity index (χ3v) is 2.24. The summed E-state index contributed by atoms with van der Waals surface area (Å²) < 4.78 is 5.58. The average molecular weight is 212 g/mol. The van der Waals surface area contributed by atoms with Crippen LogP contribution in [0.3, 0.4) is 0 Å². The van der Waals surface area contributed by atoms with Crippen LogP contribution in [-0.2, 0) is 6.61 Å². The molecule has 0 radical (unpaired) electrons. The van der Waals surface area contributed by atoms with E-state index in [9.17, 15) is 4.79 Å². The first-order valence-electron chi connectivity index (χ1n) is 5.10. The van der Waals surface area contributed by atoms with Gasteiger partial charge in [-0.15, -0.1) is 0 Å². The largest absolute Gasteiger partial charge is 0.489 e. The van der Waals surface area contributed by atoms with Gasteiger partial charge < -0.3 is 4.74 Å². The quantitative estimate of drug-likeness (QED) is 0.728. The molecule has 2 aromatic carbocycles. The van der Waals surface area contributed by atoms with Crippen LogP contribution in [0, 0.1) is 0 Å². The molecule has 0 atom stereocenters. The first kappa shape index (κ1) is 10.4. The summed E-state index contributed by atoms with van der Waals surface area (Å²) in [4.78, 5) is 10.6. The van der Waals surface area contributed by atoms with Gasteiger partial charge in [0, 0.05) is 5.56 Å². The summed E-state index contributed by atoms with van der Waals surface area (Å²) >= 11 is 0. The van der Waals surface area contributed by atoms with Gasteiger partial charge in [-0.05, 0) is 23.8 Å². The van der Waals surface area contributed by atoms with Gasteiger partial charge in [0.25, 0.3) is 0 Å². The minimum Gasteiger partial charge on any atom is -0.489 e. The van der Waals surface area contributed by atoms with E-state index < -0.39 is 0 Å². The Morgan fingerprint density at radius 3 is 2.56 bits per heavy atom. The number of ether oxygens (including phenoxy) is 1. The molecule has 80 valence electrons. The molecule has 0 aliphatic heterocycles. The normalized spacial score (nSPS) is 9.75. The lowest BCUT2D eigenvalue weighted by Gasteiger charge is -2.06. The molecule has 16 heavy (non-hydrogen) atoms. The maximum Gasteiger partial charge on any atom is 0.150 e. The van der Waals surface area contributed by atoms with Gasteiger partial charge in [-0.2, -0.15) is 0 Å². The van der Waals surface area contributed by atoms with Gasteiger partial charge in [0.1, 0.15) is 18.6 Å². The fourth-order valence-electron chi connectivity index (χ4n) is 1.44. The molecule has 0 N–H and O–H groups in total. The lowest BCUT2D eigenvalue weighted by molar-refractivity contribution is 0.112. The Hall–Kier alpha value is -2.09. The molecule has 0 spiro atoms. The maximum absolute atomic E-state index is 10.6. The topological polar surface area (TPSA) is 26.3 Å². The molecule has 0 saturated carbocycles. The first-order valence-corrected chi connectivity index (χ1v) is 5.10. The minimum atomic E-state index is 0.478. The number of carbonyl (C=O) groups excluding carboxylic acids is 1. The highest BCUT2D eigenvalue weighted by atomic mass is 16.5. The molecule has 2 aromatic rings. The second-order valence-electron chi connectivity index (χ2n) is 3.46. The van der Waals surface area contributed by atoms with Crippen LogP contribution in [0.4, 0.5) is 0 Å². The molecule has 0 heterocycles. The summed E-state index contributed by atoms with van der Waals surface area (Å²) in [5.41, 5.74) is 1.67. The molecule has 0 saturated heterocycles. The highest BCUT2D eigenvalue weighted by molar-refractivity contribution is 5.74. The summed E-state index contributed by atoms with van der Waals surface area (Å²) in [6.45, 7) is 0.478. The van der Waals surface area contributed by atoms with Gasteiger partial charge >= 0.3 is 0 Å². The molecule has 0 bridgehead atoms. The Morgan fingerprint density at radius 2 is 1.81 bits per heavy atom. The highest BCUT2D eigenvalue weighted by Gasteiger charge is 1.96. The van der Waals surface area contributed by atoms with Crippen molar-refractivity contribution in [3.05, 3.63) is 65.7 Å². The zero-order valence-electron chi connectivity index (χ0n) is 8.80. The molecule has 2 rings (SSSR count). The van der Waals surface area contributed by atoms with Crippen molar-refractivity contribution >= 4 is 6.29 Å². The fourth-order valence-corrected chi connectivity index (χ4v) is 1.44. The van der Waals surface area contributed by atoms with Crippen LogP contribution in [0.25, 0.3) is 0 Å². The molecular weight excluding hydrogens is 200 g/mol. The van der Waals surface area contributed by atoms with E-state index in [4.69, 9.17) is 4.74 Å². The van der Waals surface area contributed by atoms with Crippen molar-refractivity contribution in [2.45, 2.75) is 6.61 Å². The highest BCUT2D eigenvalue weighted by Crippen LogP contribution is 2.12. The predicted octanol–water partition coefficient (Wildman–Crippen LogP) is 3.08. The van der Waals surface area contributed by atoms with E-state index in [1.807, 2.05) is 48.5 Å². The molecule has 2 heteroatoms. The standard InChI is InChI=1S/C14H12O2/c15-10-12-5-4-6-13(9-12)11-16-14-7-2-1-3-8-14/h1-10H,11H2. The lowest BCUT2D eigenvalue weighted by atomic mass is 10.1. The van der Waals surface area contributed by atoms with Crippen LogP contribution in [0.15, 0.2) is 54.6 Å². The van der Waals surface area contributed by atoms with E-state index in [1.54, 1.807) is 6.07 Å². The zero-order chi connectivity index (χ0) is 11.2. The summed E-state index contributed by atoms with van der Waals surface area (Å²) in [6.07, 6.45) is 0.839. The van der Waals surface area contributed by atoms with Crippen molar-refractivity contribution < 1.29 is 9.53 Å². The van der Waals surface area contributed by atoms with Crippen LogP contribution in [-0.4, -0.2) is 6.29 Å². The Morgan fingerprint density at radius 1 is 1.00 bits per heavy atom. The van der Waals surface area contributed by atoms with Crippen molar-refractivity contribution in [2.24, 2.45) is 0 Å². The third-order valence-electron chi connectivity index (χ3n) is 2.24. The number of benzene rings is 2. The molecular formula is C14H12O2. The molecule has 0 aliphatic rings.